The van der Waals surface area contributed by atoms with E-state index >= 15 is 0 Å². The molecule has 1 atom stereocenters. The highest BCUT2D eigenvalue weighted by atomic mass is 16.7. The van der Waals surface area contributed by atoms with Crippen molar-refractivity contribution in [3.63, 3.8) is 0 Å². The Kier molecular flexibility index (Phi) is 4.10. The van der Waals surface area contributed by atoms with Crippen molar-refractivity contribution in [1.82, 2.24) is 0 Å². The number of aliphatic hydroxyl groups is 1. The number of hydrogen-bond acceptors (Lipinski definition) is 3. The molecule has 1 aliphatic heterocycles. The molecular weight excluding hydrogens is 240 g/mol. The van der Waals surface area contributed by atoms with Crippen LogP contribution in [0.2, 0.25) is 0 Å². The molecule has 1 unspecified atom stereocenters. The van der Waals surface area contributed by atoms with E-state index in [4.69, 9.17) is 9.47 Å². The molecule has 1 aliphatic carbocycles. The van der Waals surface area contributed by atoms with Crippen LogP contribution in [-0.2, 0) is 9.47 Å². The molecule has 0 aromatic rings. The van der Waals surface area contributed by atoms with E-state index in [0.717, 1.165) is 24.8 Å². The Morgan fingerprint density at radius 1 is 1.21 bits per heavy atom. The van der Waals surface area contributed by atoms with E-state index in [0.29, 0.717) is 13.2 Å². The maximum Gasteiger partial charge on any atom is 0.188 e. The molecule has 1 heterocycles. The van der Waals surface area contributed by atoms with Crippen LogP contribution < -0.4 is 0 Å². The van der Waals surface area contributed by atoms with Gasteiger partial charge in [0.2, 0.25) is 0 Å². The average molecular weight is 268 g/mol. The molecule has 0 saturated carbocycles. The summed E-state index contributed by atoms with van der Waals surface area (Å²) >= 11 is 0. The average Bonchev–Trinajstić information content (AvgIpc) is 2.74. The third-order valence-electron chi connectivity index (χ3n) is 4.81. The normalized spacial score (nSPS) is 32.6. The lowest BCUT2D eigenvalue weighted by Crippen LogP contribution is -2.54. The molecule has 19 heavy (non-hydrogen) atoms. The van der Waals surface area contributed by atoms with Gasteiger partial charge in [-0.15, -0.1) is 0 Å². The van der Waals surface area contributed by atoms with Gasteiger partial charge in [0.1, 0.15) is 0 Å². The largest absolute Gasteiger partial charge is 0.385 e. The van der Waals surface area contributed by atoms with Gasteiger partial charge in [0.15, 0.2) is 5.79 Å². The zero-order chi connectivity index (χ0) is 14.1. The summed E-state index contributed by atoms with van der Waals surface area (Å²) in [5, 5.41) is 11.2. The van der Waals surface area contributed by atoms with Gasteiger partial charge in [0.25, 0.3) is 0 Å². The van der Waals surface area contributed by atoms with E-state index in [-0.39, 0.29) is 5.41 Å². The lowest BCUT2D eigenvalue weighted by atomic mass is 9.61. The number of unbranched alkanes of at least 4 members (excludes halogenated alkanes) is 2. The molecule has 2 aliphatic rings. The Labute approximate surface area is 117 Å². The van der Waals surface area contributed by atoms with Crippen LogP contribution in [-0.4, -0.2) is 29.7 Å². The highest BCUT2D eigenvalue weighted by Crippen LogP contribution is 2.52. The van der Waals surface area contributed by atoms with Gasteiger partial charge in [-0.1, -0.05) is 40.0 Å². The van der Waals surface area contributed by atoms with Gasteiger partial charge in [-0.05, 0) is 25.0 Å². The molecule has 1 saturated heterocycles. The first-order valence-electron chi connectivity index (χ1n) is 7.55. The second kappa shape index (κ2) is 5.19. The topological polar surface area (TPSA) is 38.7 Å². The van der Waals surface area contributed by atoms with Crippen LogP contribution >= 0.6 is 0 Å². The van der Waals surface area contributed by atoms with Crippen LogP contribution in [0.15, 0.2) is 11.6 Å². The fourth-order valence-electron chi connectivity index (χ4n) is 3.62. The minimum Gasteiger partial charge on any atom is -0.385 e. The Bertz CT molecular complexity index is 353. The molecule has 1 spiro atoms. The van der Waals surface area contributed by atoms with E-state index in [1.807, 2.05) is 13.0 Å². The predicted molar refractivity (Wildman–Crippen MR) is 75.9 cm³/mol. The van der Waals surface area contributed by atoms with Crippen molar-refractivity contribution in [3.05, 3.63) is 11.6 Å². The number of hydrogen-bond donors (Lipinski definition) is 1. The molecule has 110 valence electrons. The first-order valence-corrected chi connectivity index (χ1v) is 7.55. The van der Waals surface area contributed by atoms with Crippen LogP contribution in [0, 0.1) is 5.41 Å². The minimum absolute atomic E-state index is 0.232. The zero-order valence-electron chi connectivity index (χ0n) is 12.8. The predicted octanol–water partition coefficient (Wildman–Crippen LogP) is 3.42. The Hall–Kier alpha value is -0.380. The Morgan fingerprint density at radius 3 is 2.37 bits per heavy atom. The van der Waals surface area contributed by atoms with E-state index < -0.39 is 11.4 Å². The maximum absolute atomic E-state index is 11.2. The van der Waals surface area contributed by atoms with Gasteiger partial charge in [0, 0.05) is 11.8 Å². The van der Waals surface area contributed by atoms with Crippen molar-refractivity contribution in [2.75, 3.05) is 13.2 Å². The van der Waals surface area contributed by atoms with Gasteiger partial charge in [-0.2, -0.15) is 0 Å². The molecule has 1 fully saturated rings. The zero-order valence-corrected chi connectivity index (χ0v) is 12.8. The molecule has 0 bridgehead atoms. The van der Waals surface area contributed by atoms with Crippen LogP contribution in [0.1, 0.15) is 59.8 Å². The van der Waals surface area contributed by atoms with Crippen molar-refractivity contribution >= 4 is 0 Å². The fraction of sp³-hybridized carbons (Fsp3) is 0.875. The molecule has 0 amide bonds. The monoisotopic (exact) mass is 268 g/mol. The lowest BCUT2D eigenvalue weighted by Gasteiger charge is -2.51. The number of rotatable bonds is 4. The minimum atomic E-state index is -0.733. The van der Waals surface area contributed by atoms with Gasteiger partial charge in [-0.25, -0.2) is 0 Å². The van der Waals surface area contributed by atoms with E-state index in [1.165, 1.54) is 12.8 Å². The van der Waals surface area contributed by atoms with Crippen LogP contribution in [0.4, 0.5) is 0 Å². The van der Waals surface area contributed by atoms with Gasteiger partial charge < -0.3 is 14.6 Å². The third kappa shape index (κ3) is 2.61. The number of ether oxygens (including phenoxy) is 2. The summed E-state index contributed by atoms with van der Waals surface area (Å²) in [5.41, 5.74) is 0.0360. The van der Waals surface area contributed by atoms with Crippen LogP contribution in [0.5, 0.6) is 0 Å². The molecule has 3 nitrogen and oxygen atoms in total. The van der Waals surface area contributed by atoms with Crippen molar-refractivity contribution in [2.24, 2.45) is 5.41 Å². The quantitative estimate of drug-likeness (QED) is 0.627. The summed E-state index contributed by atoms with van der Waals surface area (Å²) in [4.78, 5) is 0. The van der Waals surface area contributed by atoms with Crippen LogP contribution in [0.25, 0.3) is 0 Å². The summed E-state index contributed by atoms with van der Waals surface area (Å²) < 4.78 is 11.6. The van der Waals surface area contributed by atoms with E-state index in [1.54, 1.807) is 0 Å². The first kappa shape index (κ1) is 15.0. The molecule has 0 aromatic carbocycles. The summed E-state index contributed by atoms with van der Waals surface area (Å²) in [6, 6.07) is 0. The molecule has 2 rings (SSSR count). The second-order valence-electron chi connectivity index (χ2n) is 6.71. The van der Waals surface area contributed by atoms with Gasteiger partial charge in [-0.3, -0.25) is 0 Å². The standard InChI is InChI=1S/C16H28O3/c1-5-6-7-8-16(17)13(2)11-15(12-14(16,3)4)18-9-10-19-15/h11,17H,5-10,12H2,1-4H3. The molecule has 1 N–H and O–H groups in total. The highest BCUT2D eigenvalue weighted by Gasteiger charge is 2.54. The van der Waals surface area contributed by atoms with Gasteiger partial charge in [0.05, 0.1) is 18.8 Å². The molecule has 0 radical (unpaired) electrons. The summed E-state index contributed by atoms with van der Waals surface area (Å²) in [7, 11) is 0. The Balaban J connectivity index is 2.23. The maximum atomic E-state index is 11.2. The smallest absolute Gasteiger partial charge is 0.188 e. The highest BCUT2D eigenvalue weighted by molar-refractivity contribution is 5.27. The lowest BCUT2D eigenvalue weighted by molar-refractivity contribution is -0.181. The second-order valence-corrected chi connectivity index (χ2v) is 6.71. The van der Waals surface area contributed by atoms with Crippen molar-refractivity contribution in [2.45, 2.75) is 71.2 Å². The summed E-state index contributed by atoms with van der Waals surface area (Å²) in [6.07, 6.45) is 6.97. The molecule has 0 aromatic heterocycles. The van der Waals surface area contributed by atoms with Crippen molar-refractivity contribution in [1.29, 1.82) is 0 Å². The fourth-order valence-corrected chi connectivity index (χ4v) is 3.62. The van der Waals surface area contributed by atoms with E-state index in [2.05, 4.69) is 20.8 Å². The molecule has 3 heteroatoms. The van der Waals surface area contributed by atoms with Crippen molar-refractivity contribution in [3.8, 4) is 0 Å². The molecular formula is C16H28O3. The van der Waals surface area contributed by atoms with Crippen LogP contribution in [0.3, 0.4) is 0 Å². The SMILES string of the molecule is CCCCCC1(O)C(C)=CC2(CC1(C)C)OCCO2. The Morgan fingerprint density at radius 2 is 1.84 bits per heavy atom. The third-order valence-corrected chi connectivity index (χ3v) is 4.81. The summed E-state index contributed by atoms with van der Waals surface area (Å²) in [6.45, 7) is 9.75. The first-order chi connectivity index (χ1) is 8.85. The van der Waals surface area contributed by atoms with Gasteiger partial charge >= 0.3 is 0 Å². The van der Waals surface area contributed by atoms with E-state index in [9.17, 15) is 5.11 Å². The summed E-state index contributed by atoms with van der Waals surface area (Å²) in [5.74, 6) is -0.593. The van der Waals surface area contributed by atoms with Crippen molar-refractivity contribution < 1.29 is 14.6 Å².